The van der Waals surface area contributed by atoms with Crippen LogP contribution in [0.3, 0.4) is 0 Å². The number of benzene rings is 2. The van der Waals surface area contributed by atoms with E-state index >= 15 is 0 Å². The van der Waals surface area contributed by atoms with Crippen molar-refractivity contribution in [3.63, 3.8) is 0 Å². The average Bonchev–Trinajstić information content (AvgIpc) is 2.94. The van der Waals surface area contributed by atoms with Crippen molar-refractivity contribution in [2.45, 2.75) is 0 Å². The zero-order valence-electron chi connectivity index (χ0n) is 12.1. The van der Waals surface area contributed by atoms with Crippen LogP contribution < -0.4 is 0 Å². The number of nitrogens with one attached hydrogen (secondary N) is 1. The number of halogens is 1. The number of non-ortho nitro benzene ring substituents is 1. The summed E-state index contributed by atoms with van der Waals surface area (Å²) in [5.41, 5.74) is 1.31. The summed E-state index contributed by atoms with van der Waals surface area (Å²) >= 11 is 11.2. The minimum Gasteiger partial charge on any atom is -0.258 e. The summed E-state index contributed by atoms with van der Waals surface area (Å²) in [5, 5.41) is 22.5. The second-order valence-corrected chi connectivity index (χ2v) is 5.59. The lowest BCUT2D eigenvalue weighted by Gasteiger charge is -2.01. The highest BCUT2D eigenvalue weighted by Crippen LogP contribution is 2.21. The Bertz CT molecular complexity index is 995. The predicted molar refractivity (Wildman–Crippen MR) is 93.9 cm³/mol. The number of aromatic amines is 1. The molecule has 0 aliphatic heterocycles. The number of nitrogens with zero attached hydrogens (tertiary/aromatic N) is 4. The van der Waals surface area contributed by atoms with Crippen molar-refractivity contribution in [3.8, 4) is 11.4 Å². The molecule has 0 bridgehead atoms. The molecule has 0 saturated heterocycles. The van der Waals surface area contributed by atoms with Crippen LogP contribution in [-0.4, -0.2) is 26.0 Å². The van der Waals surface area contributed by atoms with E-state index in [1.165, 1.54) is 23.0 Å². The highest BCUT2D eigenvalue weighted by molar-refractivity contribution is 7.71. The van der Waals surface area contributed by atoms with Crippen molar-refractivity contribution in [1.82, 2.24) is 14.9 Å². The summed E-state index contributed by atoms with van der Waals surface area (Å²) in [6, 6.07) is 13.3. The van der Waals surface area contributed by atoms with Crippen LogP contribution in [0.1, 0.15) is 5.56 Å². The molecular weight excluding hydrogens is 350 g/mol. The first kappa shape index (κ1) is 16.0. The van der Waals surface area contributed by atoms with Gasteiger partial charge in [0, 0.05) is 28.3 Å². The summed E-state index contributed by atoms with van der Waals surface area (Å²) in [6.45, 7) is 0. The van der Waals surface area contributed by atoms with E-state index in [1.54, 1.807) is 30.3 Å². The smallest absolute Gasteiger partial charge is 0.258 e. The fourth-order valence-electron chi connectivity index (χ4n) is 2.06. The first-order valence-corrected chi connectivity index (χ1v) is 7.55. The molecule has 7 nitrogen and oxygen atoms in total. The van der Waals surface area contributed by atoms with Gasteiger partial charge in [0.05, 0.1) is 11.1 Å². The Labute approximate surface area is 146 Å². The Morgan fingerprint density at radius 1 is 1.29 bits per heavy atom. The van der Waals surface area contributed by atoms with Gasteiger partial charge in [-0.3, -0.25) is 10.1 Å². The van der Waals surface area contributed by atoms with Crippen LogP contribution in [-0.2, 0) is 0 Å². The van der Waals surface area contributed by atoms with Crippen LogP contribution in [0.25, 0.3) is 11.4 Å². The van der Waals surface area contributed by atoms with Crippen molar-refractivity contribution in [1.29, 1.82) is 0 Å². The third-order valence-corrected chi connectivity index (χ3v) is 3.64. The fourth-order valence-corrected chi connectivity index (χ4v) is 2.43. The molecular formula is C15H10ClN5O2S. The van der Waals surface area contributed by atoms with E-state index in [-0.39, 0.29) is 5.69 Å². The van der Waals surface area contributed by atoms with Gasteiger partial charge in [-0.25, -0.2) is 5.10 Å². The number of nitro groups is 1. The van der Waals surface area contributed by atoms with Crippen molar-refractivity contribution in [2.75, 3.05) is 0 Å². The molecule has 1 heterocycles. The van der Waals surface area contributed by atoms with Crippen molar-refractivity contribution < 1.29 is 4.92 Å². The Morgan fingerprint density at radius 3 is 2.83 bits per heavy atom. The summed E-state index contributed by atoms with van der Waals surface area (Å²) in [6.07, 6.45) is 1.48. The quantitative estimate of drug-likeness (QED) is 0.329. The molecule has 0 saturated carbocycles. The number of H-pyrrole nitrogens is 1. The van der Waals surface area contributed by atoms with Gasteiger partial charge < -0.3 is 0 Å². The Morgan fingerprint density at radius 2 is 2.08 bits per heavy atom. The molecule has 9 heteroatoms. The monoisotopic (exact) mass is 359 g/mol. The van der Waals surface area contributed by atoms with Gasteiger partial charge in [-0.1, -0.05) is 35.9 Å². The molecule has 0 aliphatic carbocycles. The summed E-state index contributed by atoms with van der Waals surface area (Å²) in [7, 11) is 0. The van der Waals surface area contributed by atoms with Gasteiger partial charge in [0.1, 0.15) is 0 Å². The van der Waals surface area contributed by atoms with Gasteiger partial charge in [-0.2, -0.15) is 14.9 Å². The first-order chi connectivity index (χ1) is 11.5. The Balaban J connectivity index is 1.99. The molecule has 0 unspecified atom stereocenters. The highest BCUT2D eigenvalue weighted by Gasteiger charge is 2.09. The molecule has 24 heavy (non-hydrogen) atoms. The van der Waals surface area contributed by atoms with Crippen LogP contribution in [0.2, 0.25) is 5.02 Å². The summed E-state index contributed by atoms with van der Waals surface area (Å²) in [5.74, 6) is 0.490. The van der Waals surface area contributed by atoms with E-state index in [2.05, 4.69) is 15.3 Å². The molecule has 2 aromatic carbocycles. The lowest BCUT2D eigenvalue weighted by molar-refractivity contribution is -0.384. The maximum Gasteiger partial charge on any atom is 0.270 e. The van der Waals surface area contributed by atoms with E-state index in [1.807, 2.05) is 6.07 Å². The normalized spacial score (nSPS) is 11.0. The van der Waals surface area contributed by atoms with Crippen LogP contribution >= 0.6 is 23.8 Å². The third kappa shape index (κ3) is 3.39. The molecule has 0 amide bonds. The number of hydrogen-bond donors (Lipinski definition) is 1. The van der Waals surface area contributed by atoms with Crippen LogP contribution in [0, 0.1) is 14.9 Å². The lowest BCUT2D eigenvalue weighted by Crippen LogP contribution is -1.95. The highest BCUT2D eigenvalue weighted by atomic mass is 35.5. The van der Waals surface area contributed by atoms with Gasteiger partial charge in [-0.05, 0) is 24.4 Å². The number of hydrogen-bond acceptors (Lipinski definition) is 5. The van der Waals surface area contributed by atoms with Crippen LogP contribution in [0.4, 0.5) is 5.69 Å². The van der Waals surface area contributed by atoms with Crippen LogP contribution in [0.15, 0.2) is 53.6 Å². The maximum absolute atomic E-state index is 10.8. The minimum atomic E-state index is -0.460. The second kappa shape index (κ2) is 6.73. The summed E-state index contributed by atoms with van der Waals surface area (Å²) < 4.78 is 1.73. The van der Waals surface area contributed by atoms with E-state index in [9.17, 15) is 10.1 Å². The maximum atomic E-state index is 10.8. The molecule has 0 atom stereocenters. The minimum absolute atomic E-state index is 0.00944. The van der Waals surface area contributed by atoms with Crippen LogP contribution in [0.5, 0.6) is 0 Å². The molecule has 120 valence electrons. The molecule has 0 fully saturated rings. The van der Waals surface area contributed by atoms with E-state index in [4.69, 9.17) is 23.8 Å². The van der Waals surface area contributed by atoms with Gasteiger partial charge >= 0.3 is 0 Å². The van der Waals surface area contributed by atoms with Crippen molar-refractivity contribution >= 4 is 35.7 Å². The van der Waals surface area contributed by atoms with Gasteiger partial charge in [0.2, 0.25) is 4.77 Å². The molecule has 0 aliphatic rings. The largest absolute Gasteiger partial charge is 0.270 e. The van der Waals surface area contributed by atoms with Gasteiger partial charge in [-0.15, -0.1) is 0 Å². The van der Waals surface area contributed by atoms with Crippen molar-refractivity contribution in [3.05, 3.63) is 74.0 Å². The zero-order chi connectivity index (χ0) is 17.1. The SMILES string of the molecule is O=[N+]([O-])c1cccc(C=Nn2c(-c3cccc(Cl)c3)n[nH]c2=S)c1. The van der Waals surface area contributed by atoms with E-state index in [0.29, 0.717) is 21.2 Å². The zero-order valence-corrected chi connectivity index (χ0v) is 13.7. The molecule has 0 spiro atoms. The average molecular weight is 360 g/mol. The molecule has 0 radical (unpaired) electrons. The molecule has 1 aromatic heterocycles. The van der Waals surface area contributed by atoms with E-state index in [0.717, 1.165) is 5.56 Å². The third-order valence-electron chi connectivity index (χ3n) is 3.14. The fraction of sp³-hybridized carbons (Fsp3) is 0. The first-order valence-electron chi connectivity index (χ1n) is 6.77. The number of aromatic nitrogens is 3. The Kier molecular flexibility index (Phi) is 4.50. The topological polar surface area (TPSA) is 89.1 Å². The predicted octanol–water partition coefficient (Wildman–Crippen LogP) is 4.05. The summed E-state index contributed by atoms with van der Waals surface area (Å²) in [4.78, 5) is 10.4. The lowest BCUT2D eigenvalue weighted by atomic mass is 10.2. The van der Waals surface area contributed by atoms with Crippen molar-refractivity contribution in [2.24, 2.45) is 5.10 Å². The molecule has 3 rings (SSSR count). The second-order valence-electron chi connectivity index (χ2n) is 4.77. The number of nitro benzene ring substituents is 1. The molecule has 1 N–H and O–H groups in total. The molecule has 3 aromatic rings. The Hall–Kier alpha value is -2.84. The van der Waals surface area contributed by atoms with Gasteiger partial charge in [0.15, 0.2) is 5.82 Å². The number of rotatable bonds is 4. The van der Waals surface area contributed by atoms with E-state index < -0.39 is 4.92 Å². The standard InChI is InChI=1S/C15H10ClN5O2S/c16-12-5-2-4-11(8-12)14-18-19-15(24)20(14)17-9-10-3-1-6-13(7-10)21(22)23/h1-9H,(H,19,24). The van der Waals surface area contributed by atoms with Gasteiger partial charge in [0.25, 0.3) is 5.69 Å².